The fraction of sp³-hybridized carbons (Fsp3) is 0.609. The molecule has 6 rings (SSSR count). The van der Waals surface area contributed by atoms with Gasteiger partial charge in [-0.25, -0.2) is 9.97 Å². The van der Waals surface area contributed by atoms with Crippen LogP contribution in [-0.2, 0) is 12.6 Å². The molecule has 2 aromatic rings. The maximum atomic E-state index is 13.9. The second-order valence-corrected chi connectivity index (χ2v) is 9.88. The molecule has 1 atom stereocenters. The molecule has 1 amide bonds. The number of piperidine rings is 1. The molecular formula is C23H27F3N6O. The molecule has 2 saturated carbocycles. The first-order valence-corrected chi connectivity index (χ1v) is 11.8. The van der Waals surface area contributed by atoms with Crippen LogP contribution in [0.4, 0.5) is 19.1 Å². The topological polar surface area (TPSA) is 85.9 Å². The van der Waals surface area contributed by atoms with Crippen LogP contribution in [0.1, 0.15) is 66.6 Å². The lowest BCUT2D eigenvalue weighted by atomic mass is 9.99. The summed E-state index contributed by atoms with van der Waals surface area (Å²) in [5.41, 5.74) is 0.577. The first-order valence-electron chi connectivity index (χ1n) is 11.8. The van der Waals surface area contributed by atoms with E-state index in [1.807, 2.05) is 4.90 Å². The van der Waals surface area contributed by atoms with Gasteiger partial charge in [-0.05, 0) is 56.9 Å². The van der Waals surface area contributed by atoms with Gasteiger partial charge in [0, 0.05) is 48.7 Å². The van der Waals surface area contributed by atoms with Crippen molar-refractivity contribution in [3.05, 3.63) is 29.2 Å². The first kappa shape index (κ1) is 20.9. The first-order chi connectivity index (χ1) is 15.8. The molecule has 0 bridgehead atoms. The highest BCUT2D eigenvalue weighted by molar-refractivity contribution is 5.97. The number of nitrogens with one attached hydrogen (secondary N) is 3. The maximum Gasteiger partial charge on any atom is 0.419 e. The Bertz CT molecular complexity index is 1080. The minimum atomic E-state index is -4.60. The van der Waals surface area contributed by atoms with E-state index in [-0.39, 0.29) is 35.2 Å². The highest BCUT2D eigenvalue weighted by Crippen LogP contribution is 2.43. The van der Waals surface area contributed by atoms with Gasteiger partial charge in [-0.2, -0.15) is 13.2 Å². The van der Waals surface area contributed by atoms with Gasteiger partial charge in [-0.3, -0.25) is 4.79 Å². The van der Waals surface area contributed by atoms with Gasteiger partial charge < -0.3 is 20.5 Å². The van der Waals surface area contributed by atoms with Crippen LogP contribution in [-0.4, -0.2) is 56.5 Å². The van der Waals surface area contributed by atoms with Gasteiger partial charge in [0.25, 0.3) is 5.91 Å². The lowest BCUT2D eigenvalue weighted by Gasteiger charge is -2.30. The number of hydrogen-bond acceptors (Lipinski definition) is 5. The highest BCUT2D eigenvalue weighted by atomic mass is 19.4. The number of H-pyrrole nitrogens is 1. The van der Waals surface area contributed by atoms with Gasteiger partial charge in [-0.15, -0.1) is 0 Å². The molecule has 4 heterocycles. The van der Waals surface area contributed by atoms with Crippen LogP contribution >= 0.6 is 0 Å². The number of amides is 1. The van der Waals surface area contributed by atoms with E-state index < -0.39 is 11.7 Å². The zero-order valence-electron chi connectivity index (χ0n) is 18.3. The lowest BCUT2D eigenvalue weighted by Crippen LogP contribution is -2.46. The Hall–Kier alpha value is -2.62. The molecule has 176 valence electrons. The van der Waals surface area contributed by atoms with Crippen LogP contribution < -0.4 is 10.6 Å². The number of alkyl halides is 3. The van der Waals surface area contributed by atoms with Gasteiger partial charge in [0.2, 0.25) is 5.95 Å². The van der Waals surface area contributed by atoms with Crippen molar-refractivity contribution < 1.29 is 18.0 Å². The van der Waals surface area contributed by atoms with Crippen LogP contribution in [0.15, 0.2) is 12.4 Å². The zero-order valence-corrected chi connectivity index (χ0v) is 18.3. The normalized spacial score (nSPS) is 24.5. The molecule has 1 spiro atoms. The van der Waals surface area contributed by atoms with Crippen molar-refractivity contribution in [2.75, 3.05) is 18.4 Å². The predicted octanol–water partition coefficient (Wildman–Crippen LogP) is 3.74. The van der Waals surface area contributed by atoms with Crippen LogP contribution in [0.2, 0.25) is 0 Å². The van der Waals surface area contributed by atoms with E-state index in [9.17, 15) is 18.0 Å². The summed E-state index contributed by atoms with van der Waals surface area (Å²) in [5.74, 6) is 0.0607. The average Bonchev–Trinajstić information content (AvgIpc) is 3.71. The van der Waals surface area contributed by atoms with E-state index in [0.717, 1.165) is 38.4 Å². The number of hydrogen-bond donors (Lipinski definition) is 3. The maximum absolute atomic E-state index is 13.9. The molecule has 10 heteroatoms. The quantitative estimate of drug-likeness (QED) is 0.647. The minimum absolute atomic E-state index is 0.0674. The summed E-state index contributed by atoms with van der Waals surface area (Å²) in [5, 5.41) is 6.76. The third-order valence-electron chi connectivity index (χ3n) is 7.51. The summed E-state index contributed by atoms with van der Waals surface area (Å²) in [6.07, 6.45) is 5.34. The van der Waals surface area contributed by atoms with Crippen molar-refractivity contribution in [2.24, 2.45) is 0 Å². The van der Waals surface area contributed by atoms with E-state index >= 15 is 0 Å². The molecular weight excluding hydrogens is 433 g/mol. The number of aromatic amines is 1. The van der Waals surface area contributed by atoms with E-state index in [1.54, 1.807) is 0 Å². The van der Waals surface area contributed by atoms with Crippen LogP contribution in [0, 0.1) is 0 Å². The number of carbonyl (C=O) groups excluding carboxylic acids is 1. The van der Waals surface area contributed by atoms with E-state index in [1.165, 1.54) is 19.0 Å². The van der Waals surface area contributed by atoms with Crippen molar-refractivity contribution in [1.29, 1.82) is 0 Å². The smallest absolute Gasteiger partial charge is 0.356 e. The fourth-order valence-corrected chi connectivity index (χ4v) is 5.25. The summed E-state index contributed by atoms with van der Waals surface area (Å²) < 4.78 is 41.7. The standard InChI is InChI=1S/C23H27F3N6O/c24-23(25,26)17-12-28-21(30-13-5-6-22(7-8-22)29-10-13)31-18(17)16-11-27-19-15(16)2-1-9-32(20(19)33)14-3-4-14/h11-14,27,29H,1-10H2,(H,28,30,31)/t13-/m0/s1. The van der Waals surface area contributed by atoms with Crippen LogP contribution in [0.5, 0.6) is 0 Å². The monoisotopic (exact) mass is 460 g/mol. The van der Waals surface area contributed by atoms with Crippen molar-refractivity contribution in [2.45, 2.75) is 75.2 Å². The van der Waals surface area contributed by atoms with Gasteiger partial charge in [0.05, 0.1) is 5.69 Å². The summed E-state index contributed by atoms with van der Waals surface area (Å²) in [6, 6.07) is 0.326. The molecule has 4 aliphatic rings. The number of aromatic nitrogens is 3. The Morgan fingerprint density at radius 3 is 2.67 bits per heavy atom. The number of halogens is 3. The molecule has 3 fully saturated rings. The molecule has 2 aromatic heterocycles. The summed E-state index contributed by atoms with van der Waals surface area (Å²) in [6.45, 7) is 1.37. The number of carbonyl (C=O) groups is 1. The van der Waals surface area contributed by atoms with Crippen LogP contribution in [0.25, 0.3) is 11.3 Å². The Balaban J connectivity index is 1.33. The molecule has 7 nitrogen and oxygen atoms in total. The van der Waals surface area contributed by atoms with Crippen molar-refractivity contribution in [1.82, 2.24) is 25.2 Å². The number of nitrogens with zero attached hydrogens (tertiary/aromatic N) is 3. The van der Waals surface area contributed by atoms with E-state index in [0.29, 0.717) is 36.2 Å². The Morgan fingerprint density at radius 1 is 1.18 bits per heavy atom. The van der Waals surface area contributed by atoms with Crippen LogP contribution in [0.3, 0.4) is 0 Å². The molecule has 1 saturated heterocycles. The number of fused-ring (bicyclic) bond motifs is 1. The molecule has 0 radical (unpaired) electrons. The minimum Gasteiger partial charge on any atom is -0.356 e. The fourth-order valence-electron chi connectivity index (χ4n) is 5.25. The predicted molar refractivity (Wildman–Crippen MR) is 116 cm³/mol. The average molecular weight is 461 g/mol. The van der Waals surface area contributed by atoms with Crippen molar-refractivity contribution >= 4 is 11.9 Å². The lowest BCUT2D eigenvalue weighted by molar-refractivity contribution is -0.137. The molecule has 2 aliphatic heterocycles. The SMILES string of the molecule is O=C1c2[nH]cc(-c3nc(N[C@H]4CCC5(CC5)NC4)ncc3C(F)(F)F)c2CCCN1C1CC1. The molecule has 0 aromatic carbocycles. The number of anilines is 1. The Morgan fingerprint density at radius 2 is 2.00 bits per heavy atom. The zero-order chi connectivity index (χ0) is 22.8. The Labute approximate surface area is 189 Å². The summed E-state index contributed by atoms with van der Waals surface area (Å²) in [7, 11) is 0. The summed E-state index contributed by atoms with van der Waals surface area (Å²) >= 11 is 0. The van der Waals surface area contributed by atoms with Gasteiger partial charge >= 0.3 is 6.18 Å². The molecule has 0 unspecified atom stereocenters. The third kappa shape index (κ3) is 3.88. The van der Waals surface area contributed by atoms with E-state index in [4.69, 9.17) is 0 Å². The second kappa shape index (κ2) is 7.44. The number of rotatable bonds is 4. The van der Waals surface area contributed by atoms with Gasteiger partial charge in [0.15, 0.2) is 0 Å². The van der Waals surface area contributed by atoms with Gasteiger partial charge in [-0.1, -0.05) is 0 Å². The molecule has 3 N–H and O–H groups in total. The van der Waals surface area contributed by atoms with E-state index in [2.05, 4.69) is 25.6 Å². The van der Waals surface area contributed by atoms with Gasteiger partial charge in [0.1, 0.15) is 11.3 Å². The third-order valence-corrected chi connectivity index (χ3v) is 7.51. The second-order valence-electron chi connectivity index (χ2n) is 9.88. The van der Waals surface area contributed by atoms with Crippen molar-refractivity contribution in [3.63, 3.8) is 0 Å². The highest BCUT2D eigenvalue weighted by Gasteiger charge is 2.45. The molecule has 2 aliphatic carbocycles. The Kier molecular flexibility index (Phi) is 4.73. The summed E-state index contributed by atoms with van der Waals surface area (Å²) in [4.78, 5) is 26.2. The largest absolute Gasteiger partial charge is 0.419 e. The van der Waals surface area contributed by atoms with Crippen molar-refractivity contribution in [3.8, 4) is 11.3 Å². The molecule has 33 heavy (non-hydrogen) atoms.